The molecule has 1 atom stereocenters. The van der Waals surface area contributed by atoms with Crippen molar-refractivity contribution in [3.63, 3.8) is 0 Å². The van der Waals surface area contributed by atoms with Gasteiger partial charge in [-0.05, 0) is 12.1 Å². The molecule has 0 aliphatic rings. The molecule has 18 heavy (non-hydrogen) atoms. The summed E-state index contributed by atoms with van der Waals surface area (Å²) in [4.78, 5) is 13.2. The summed E-state index contributed by atoms with van der Waals surface area (Å²) in [7, 11) is 2.99. The van der Waals surface area contributed by atoms with E-state index in [1.165, 1.54) is 31.2 Å². The van der Waals surface area contributed by atoms with Crippen LogP contribution in [-0.2, 0) is 4.74 Å². The maximum absolute atomic E-state index is 13.5. The first-order chi connectivity index (χ1) is 8.47. The zero-order chi connectivity index (χ0) is 13.7. The highest BCUT2D eigenvalue weighted by atomic mass is 19.1. The molecule has 0 aliphatic carbocycles. The van der Waals surface area contributed by atoms with Crippen LogP contribution in [0.1, 0.15) is 10.4 Å². The largest absolute Gasteiger partial charge is 0.507 e. The minimum atomic E-state index is -0.757. The summed E-state index contributed by atoms with van der Waals surface area (Å²) in [6, 6.07) is 3.35. The highest BCUT2D eigenvalue weighted by molar-refractivity contribution is 5.96. The number of aromatic hydroxyl groups is 1. The Morgan fingerprint density at radius 2 is 2.28 bits per heavy atom. The molecule has 0 spiro atoms. The predicted octanol–water partition coefficient (Wildman–Crippen LogP) is 0.577. The number of rotatable bonds is 5. The number of likely N-dealkylation sites (N-methyl/N-ethyl adjacent to an activating group) is 1. The Hall–Kier alpha value is -1.66. The molecule has 1 aromatic rings. The number of phenols is 1. The number of nitrogens with zero attached hydrogens (tertiary/aromatic N) is 1. The zero-order valence-corrected chi connectivity index (χ0v) is 10.4. The minimum Gasteiger partial charge on any atom is -0.507 e. The van der Waals surface area contributed by atoms with Gasteiger partial charge in [-0.1, -0.05) is 6.07 Å². The topological polar surface area (TPSA) is 75.8 Å². The molecule has 1 rings (SSSR count). The summed E-state index contributed by atoms with van der Waals surface area (Å²) in [6.45, 7) is 0.501. The van der Waals surface area contributed by atoms with Crippen molar-refractivity contribution < 1.29 is 19.0 Å². The molecule has 3 N–H and O–H groups in total. The second kappa shape index (κ2) is 6.32. The summed E-state index contributed by atoms with van der Waals surface area (Å²) >= 11 is 0. The monoisotopic (exact) mass is 256 g/mol. The first kappa shape index (κ1) is 14.4. The fourth-order valence-electron chi connectivity index (χ4n) is 1.62. The average Bonchev–Trinajstić information content (AvgIpc) is 2.28. The Morgan fingerprint density at radius 3 is 2.83 bits per heavy atom. The molecule has 1 amide bonds. The van der Waals surface area contributed by atoms with Crippen LogP contribution in [0.25, 0.3) is 0 Å². The van der Waals surface area contributed by atoms with E-state index < -0.39 is 11.7 Å². The van der Waals surface area contributed by atoms with Crippen molar-refractivity contribution in [2.45, 2.75) is 6.04 Å². The molecule has 0 heterocycles. The third-order valence-electron chi connectivity index (χ3n) is 2.44. The van der Waals surface area contributed by atoms with Crippen LogP contribution in [0.5, 0.6) is 5.75 Å². The molecule has 0 fully saturated rings. The minimum absolute atomic E-state index is 0.209. The number of amides is 1. The number of benzene rings is 1. The van der Waals surface area contributed by atoms with Gasteiger partial charge in [-0.15, -0.1) is 0 Å². The van der Waals surface area contributed by atoms with Crippen LogP contribution in [0.4, 0.5) is 4.39 Å². The van der Waals surface area contributed by atoms with Crippen LogP contribution in [0.3, 0.4) is 0 Å². The summed E-state index contributed by atoms with van der Waals surface area (Å²) in [5, 5.41) is 9.50. The maximum Gasteiger partial charge on any atom is 0.260 e. The molecular formula is C12H17FN2O3. The Labute approximate surface area is 105 Å². The van der Waals surface area contributed by atoms with Crippen LogP contribution < -0.4 is 5.73 Å². The Balaban J connectivity index is 2.81. The molecule has 0 saturated carbocycles. The van der Waals surface area contributed by atoms with Crippen molar-refractivity contribution in [2.24, 2.45) is 5.73 Å². The van der Waals surface area contributed by atoms with E-state index in [1.54, 1.807) is 0 Å². The highest BCUT2D eigenvalue weighted by Crippen LogP contribution is 2.21. The van der Waals surface area contributed by atoms with Crippen molar-refractivity contribution in [3.8, 4) is 5.75 Å². The Bertz CT molecular complexity index is 406. The van der Waals surface area contributed by atoms with Crippen molar-refractivity contribution in [3.05, 3.63) is 29.6 Å². The van der Waals surface area contributed by atoms with Gasteiger partial charge in [-0.25, -0.2) is 4.39 Å². The van der Waals surface area contributed by atoms with Gasteiger partial charge in [-0.3, -0.25) is 4.79 Å². The zero-order valence-electron chi connectivity index (χ0n) is 10.4. The van der Waals surface area contributed by atoms with Gasteiger partial charge in [0.2, 0.25) is 0 Å². The van der Waals surface area contributed by atoms with E-state index in [1.807, 2.05) is 0 Å². The van der Waals surface area contributed by atoms with E-state index in [9.17, 15) is 14.3 Å². The number of carbonyl (C=O) groups excluding carboxylic acids is 1. The number of hydrogen-bond acceptors (Lipinski definition) is 4. The first-order valence-corrected chi connectivity index (χ1v) is 5.44. The van der Waals surface area contributed by atoms with Gasteiger partial charge in [0.25, 0.3) is 5.91 Å². The third-order valence-corrected chi connectivity index (χ3v) is 2.44. The second-order valence-corrected chi connectivity index (χ2v) is 4.04. The van der Waals surface area contributed by atoms with Gasteiger partial charge in [-0.2, -0.15) is 0 Å². The quantitative estimate of drug-likeness (QED) is 0.808. The highest BCUT2D eigenvalue weighted by Gasteiger charge is 2.21. The van der Waals surface area contributed by atoms with Gasteiger partial charge in [0.05, 0.1) is 6.61 Å². The number of ether oxygens (including phenoxy) is 1. The molecule has 0 saturated heterocycles. The lowest BCUT2D eigenvalue weighted by atomic mass is 10.1. The van der Waals surface area contributed by atoms with Crippen molar-refractivity contribution in [2.75, 3.05) is 27.3 Å². The maximum atomic E-state index is 13.5. The molecule has 0 aliphatic heterocycles. The van der Waals surface area contributed by atoms with Gasteiger partial charge in [0, 0.05) is 26.7 Å². The number of carbonyl (C=O) groups is 1. The number of methoxy groups -OCH3 is 1. The van der Waals surface area contributed by atoms with Gasteiger partial charge in [0.15, 0.2) is 0 Å². The van der Waals surface area contributed by atoms with Crippen LogP contribution >= 0.6 is 0 Å². The molecule has 100 valence electrons. The predicted molar refractivity (Wildman–Crippen MR) is 64.9 cm³/mol. The normalized spacial score (nSPS) is 12.2. The molecular weight excluding hydrogens is 239 g/mol. The molecule has 1 unspecified atom stereocenters. The Morgan fingerprint density at radius 1 is 1.61 bits per heavy atom. The lowest BCUT2D eigenvalue weighted by Gasteiger charge is -2.21. The molecule has 0 aromatic heterocycles. The molecule has 1 aromatic carbocycles. The van der Waals surface area contributed by atoms with Crippen molar-refractivity contribution in [1.29, 1.82) is 0 Å². The average molecular weight is 256 g/mol. The van der Waals surface area contributed by atoms with Gasteiger partial charge < -0.3 is 20.5 Å². The van der Waals surface area contributed by atoms with Crippen molar-refractivity contribution in [1.82, 2.24) is 4.90 Å². The second-order valence-electron chi connectivity index (χ2n) is 4.04. The Kier molecular flexibility index (Phi) is 5.06. The number of phenolic OH excluding ortho intramolecular Hbond substituents is 1. The van der Waals surface area contributed by atoms with Crippen LogP contribution in [0.2, 0.25) is 0 Å². The molecule has 0 radical (unpaired) electrons. The number of hydrogen-bond donors (Lipinski definition) is 2. The lowest BCUT2D eigenvalue weighted by Crippen LogP contribution is -2.41. The van der Waals surface area contributed by atoms with Gasteiger partial charge in [0.1, 0.15) is 17.1 Å². The fraction of sp³-hybridized carbons (Fsp3) is 0.417. The smallest absolute Gasteiger partial charge is 0.260 e. The van der Waals surface area contributed by atoms with E-state index >= 15 is 0 Å². The summed E-state index contributed by atoms with van der Waals surface area (Å²) in [6.07, 6.45) is 0. The van der Waals surface area contributed by atoms with E-state index in [0.29, 0.717) is 6.61 Å². The van der Waals surface area contributed by atoms with Crippen LogP contribution in [0.15, 0.2) is 18.2 Å². The SMILES string of the molecule is COCC(N)CN(C)C(=O)c1c(O)cccc1F. The summed E-state index contributed by atoms with van der Waals surface area (Å²) in [5.74, 6) is -1.75. The van der Waals surface area contributed by atoms with E-state index in [0.717, 1.165) is 6.07 Å². The molecule has 5 nitrogen and oxygen atoms in total. The number of halogens is 1. The van der Waals surface area contributed by atoms with Crippen molar-refractivity contribution >= 4 is 5.91 Å². The first-order valence-electron chi connectivity index (χ1n) is 5.44. The number of nitrogens with two attached hydrogens (primary N) is 1. The van der Waals surface area contributed by atoms with E-state index in [-0.39, 0.29) is 23.9 Å². The summed E-state index contributed by atoms with van der Waals surface area (Å²) < 4.78 is 18.3. The van der Waals surface area contributed by atoms with Crippen LogP contribution in [-0.4, -0.2) is 49.3 Å². The standard InChI is InChI=1S/C12H17FN2O3/c1-15(6-8(14)7-18-2)12(17)11-9(13)4-3-5-10(11)16/h3-5,8,16H,6-7,14H2,1-2H3. The van der Waals surface area contributed by atoms with E-state index in [4.69, 9.17) is 10.5 Å². The lowest BCUT2D eigenvalue weighted by molar-refractivity contribution is 0.0757. The fourth-order valence-corrected chi connectivity index (χ4v) is 1.62. The third kappa shape index (κ3) is 3.41. The molecule has 0 bridgehead atoms. The van der Waals surface area contributed by atoms with Crippen LogP contribution in [0, 0.1) is 5.82 Å². The summed E-state index contributed by atoms with van der Waals surface area (Å²) in [5.41, 5.74) is 5.36. The molecule has 6 heteroatoms. The van der Waals surface area contributed by atoms with Gasteiger partial charge >= 0.3 is 0 Å². The van der Waals surface area contributed by atoms with E-state index in [2.05, 4.69) is 0 Å².